The Bertz CT molecular complexity index is 1010. The van der Waals surface area contributed by atoms with Crippen molar-refractivity contribution in [3.05, 3.63) is 29.2 Å². The van der Waals surface area contributed by atoms with Crippen LogP contribution in [0.3, 0.4) is 0 Å². The van der Waals surface area contributed by atoms with Gasteiger partial charge < -0.3 is 20.6 Å². The lowest BCUT2D eigenvalue weighted by Gasteiger charge is -2.16. The maximum Gasteiger partial charge on any atom is 0.223 e. The van der Waals surface area contributed by atoms with Crippen LogP contribution < -0.4 is 11.1 Å². The molecule has 3 heterocycles. The number of pyridine rings is 1. The van der Waals surface area contributed by atoms with Gasteiger partial charge in [-0.25, -0.2) is 4.98 Å². The number of halogens is 1. The fraction of sp³-hybridized carbons (Fsp3) is 0.450. The molecular weight excluding hydrogens is 378 g/mol. The predicted molar refractivity (Wildman–Crippen MR) is 110 cm³/mol. The number of furan rings is 1. The van der Waals surface area contributed by atoms with E-state index in [9.17, 15) is 5.11 Å². The lowest BCUT2D eigenvalue weighted by atomic mass is 10.00. The normalized spacial score (nSPS) is 22.1. The van der Waals surface area contributed by atoms with Crippen molar-refractivity contribution in [3.8, 4) is 11.3 Å². The molecule has 3 aromatic heterocycles. The van der Waals surface area contributed by atoms with Crippen molar-refractivity contribution in [2.24, 2.45) is 11.8 Å². The molecule has 0 radical (unpaired) electrons. The summed E-state index contributed by atoms with van der Waals surface area (Å²) in [6.07, 6.45) is 4.38. The van der Waals surface area contributed by atoms with Crippen molar-refractivity contribution in [2.75, 3.05) is 17.7 Å². The molecule has 148 valence electrons. The van der Waals surface area contributed by atoms with Gasteiger partial charge in [-0.3, -0.25) is 4.98 Å². The minimum atomic E-state index is 0.104. The summed E-state index contributed by atoms with van der Waals surface area (Å²) < 4.78 is 6.00. The van der Waals surface area contributed by atoms with Crippen LogP contribution in [0.25, 0.3) is 22.3 Å². The van der Waals surface area contributed by atoms with Crippen LogP contribution in [-0.4, -0.2) is 32.7 Å². The zero-order valence-electron chi connectivity index (χ0n) is 15.9. The third-order valence-corrected chi connectivity index (χ3v) is 5.85. The molecule has 0 aliphatic heterocycles. The van der Waals surface area contributed by atoms with Gasteiger partial charge in [-0.2, -0.15) is 4.98 Å². The second kappa shape index (κ2) is 7.56. The molecule has 4 N–H and O–H groups in total. The number of rotatable bonds is 5. The molecule has 1 aliphatic carbocycles. The van der Waals surface area contributed by atoms with Crippen LogP contribution in [0.1, 0.15) is 32.4 Å². The quantitative estimate of drug-likeness (QED) is 0.556. The first-order valence-corrected chi connectivity index (χ1v) is 9.95. The van der Waals surface area contributed by atoms with Crippen LogP contribution in [0.4, 0.5) is 11.8 Å². The number of nitrogens with one attached hydrogen (secondary N) is 1. The van der Waals surface area contributed by atoms with Gasteiger partial charge in [-0.1, -0.05) is 25.4 Å². The molecule has 8 heteroatoms. The molecule has 0 saturated heterocycles. The molecule has 3 atom stereocenters. The lowest BCUT2D eigenvalue weighted by molar-refractivity contribution is 0.201. The Balaban J connectivity index is 1.73. The molecule has 7 nitrogen and oxygen atoms in total. The van der Waals surface area contributed by atoms with E-state index in [1.54, 1.807) is 6.20 Å². The van der Waals surface area contributed by atoms with E-state index in [1.165, 1.54) is 0 Å². The van der Waals surface area contributed by atoms with Gasteiger partial charge in [-0.05, 0) is 43.2 Å². The number of hydrogen-bond acceptors (Lipinski definition) is 7. The van der Waals surface area contributed by atoms with E-state index in [1.807, 2.05) is 12.1 Å². The summed E-state index contributed by atoms with van der Waals surface area (Å²) in [7, 11) is 0. The molecule has 0 aromatic carbocycles. The summed E-state index contributed by atoms with van der Waals surface area (Å²) in [5, 5.41) is 14.2. The minimum Gasteiger partial charge on any atom is -0.454 e. The number of nitrogen functional groups attached to an aromatic ring is 1. The highest BCUT2D eigenvalue weighted by molar-refractivity contribution is 6.32. The molecule has 0 bridgehead atoms. The third kappa shape index (κ3) is 3.52. The largest absolute Gasteiger partial charge is 0.454 e. The van der Waals surface area contributed by atoms with Gasteiger partial charge in [0.1, 0.15) is 16.7 Å². The molecular formula is C20H24ClN5O2. The predicted octanol–water partition coefficient (Wildman–Crippen LogP) is 3.90. The maximum atomic E-state index is 9.55. The number of aryl methyl sites for hydroxylation is 1. The zero-order valence-corrected chi connectivity index (χ0v) is 16.7. The standard InChI is InChI=1S/C20H24ClN5O2/c1-3-13-5-11-7-15(28-16(11)8-23-13)17-18(21)25-20(22)26-19(17)24-14-4-10(2)12(6-14)9-27/h5,7-8,10,12,14,27H,3-4,6,9H2,1-2H3,(H3,22,24,25,26)/t10-,12+,14-/m0/s1. The zero-order chi connectivity index (χ0) is 19.8. The highest BCUT2D eigenvalue weighted by Crippen LogP contribution is 2.39. The summed E-state index contributed by atoms with van der Waals surface area (Å²) in [5.74, 6) is 1.94. The Hall–Kier alpha value is -2.38. The van der Waals surface area contributed by atoms with Crippen LogP contribution in [0, 0.1) is 11.8 Å². The fourth-order valence-corrected chi connectivity index (χ4v) is 4.25. The van der Waals surface area contributed by atoms with Crippen molar-refractivity contribution in [2.45, 2.75) is 39.2 Å². The summed E-state index contributed by atoms with van der Waals surface area (Å²) in [6.45, 7) is 4.40. The summed E-state index contributed by atoms with van der Waals surface area (Å²) in [5.41, 5.74) is 8.11. The smallest absolute Gasteiger partial charge is 0.223 e. The molecule has 1 aliphatic rings. The van der Waals surface area contributed by atoms with Gasteiger partial charge in [0.2, 0.25) is 5.95 Å². The van der Waals surface area contributed by atoms with Crippen molar-refractivity contribution in [1.29, 1.82) is 0 Å². The van der Waals surface area contributed by atoms with E-state index in [0.717, 1.165) is 30.3 Å². The number of nitrogens with zero attached hydrogens (tertiary/aromatic N) is 3. The van der Waals surface area contributed by atoms with Crippen LogP contribution in [0.15, 0.2) is 22.7 Å². The fourth-order valence-electron chi connectivity index (χ4n) is 3.98. The molecule has 4 rings (SSSR count). The molecule has 1 fully saturated rings. The van der Waals surface area contributed by atoms with Crippen molar-refractivity contribution in [3.63, 3.8) is 0 Å². The van der Waals surface area contributed by atoms with Crippen LogP contribution in [0.2, 0.25) is 5.15 Å². The van der Waals surface area contributed by atoms with Crippen molar-refractivity contribution < 1.29 is 9.52 Å². The summed E-state index contributed by atoms with van der Waals surface area (Å²) in [6, 6.07) is 4.11. The topological polar surface area (TPSA) is 110 Å². The molecule has 28 heavy (non-hydrogen) atoms. The van der Waals surface area contributed by atoms with Gasteiger partial charge in [-0.15, -0.1) is 0 Å². The molecule has 0 spiro atoms. The van der Waals surface area contributed by atoms with Gasteiger partial charge in [0.25, 0.3) is 0 Å². The SMILES string of the molecule is CCc1cc2cc(-c3c(Cl)nc(N)nc3N[C@@H]3C[C@H](CO)[C@@H](C)C3)oc2cn1. The molecule has 1 saturated carbocycles. The first kappa shape index (κ1) is 19.0. The number of nitrogens with two attached hydrogens (primary N) is 1. The van der Waals surface area contributed by atoms with Crippen molar-refractivity contribution in [1.82, 2.24) is 15.0 Å². The second-order valence-corrected chi connectivity index (χ2v) is 7.86. The van der Waals surface area contributed by atoms with Crippen molar-refractivity contribution >= 4 is 34.3 Å². The van der Waals surface area contributed by atoms with Crippen LogP contribution in [-0.2, 0) is 6.42 Å². The Kier molecular flexibility index (Phi) is 5.12. The Morgan fingerprint density at radius 3 is 2.86 bits per heavy atom. The van der Waals surface area contributed by atoms with E-state index >= 15 is 0 Å². The van der Waals surface area contributed by atoms with Gasteiger partial charge in [0.15, 0.2) is 5.58 Å². The lowest BCUT2D eigenvalue weighted by Crippen LogP contribution is -2.18. The Morgan fingerprint density at radius 1 is 1.32 bits per heavy atom. The molecule has 0 unspecified atom stereocenters. The number of aliphatic hydroxyl groups excluding tert-OH is 1. The number of aliphatic hydroxyl groups is 1. The Labute approximate surface area is 168 Å². The van der Waals surface area contributed by atoms with E-state index in [-0.39, 0.29) is 29.7 Å². The summed E-state index contributed by atoms with van der Waals surface area (Å²) in [4.78, 5) is 12.9. The van der Waals surface area contributed by atoms with Gasteiger partial charge >= 0.3 is 0 Å². The first-order valence-electron chi connectivity index (χ1n) is 9.57. The first-order chi connectivity index (χ1) is 13.5. The van der Waals surface area contributed by atoms with Crippen LogP contribution in [0.5, 0.6) is 0 Å². The highest BCUT2D eigenvalue weighted by atomic mass is 35.5. The molecule has 3 aromatic rings. The van der Waals surface area contributed by atoms with Gasteiger partial charge in [0, 0.05) is 23.7 Å². The molecule has 0 amide bonds. The maximum absolute atomic E-state index is 9.55. The minimum absolute atomic E-state index is 0.104. The van der Waals surface area contributed by atoms with E-state index in [2.05, 4.69) is 34.1 Å². The second-order valence-electron chi connectivity index (χ2n) is 7.51. The average Bonchev–Trinajstić information content (AvgIpc) is 3.22. The van der Waals surface area contributed by atoms with E-state index < -0.39 is 0 Å². The van der Waals surface area contributed by atoms with Gasteiger partial charge in [0.05, 0.1) is 11.8 Å². The monoisotopic (exact) mass is 401 g/mol. The number of aromatic nitrogens is 3. The average molecular weight is 402 g/mol. The Morgan fingerprint density at radius 2 is 2.14 bits per heavy atom. The summed E-state index contributed by atoms with van der Waals surface area (Å²) >= 11 is 6.44. The highest BCUT2D eigenvalue weighted by Gasteiger charge is 2.32. The number of fused-ring (bicyclic) bond motifs is 1. The third-order valence-electron chi connectivity index (χ3n) is 5.58. The van der Waals surface area contributed by atoms with E-state index in [0.29, 0.717) is 28.6 Å². The number of anilines is 2. The van der Waals surface area contributed by atoms with E-state index in [4.69, 9.17) is 21.8 Å². The van der Waals surface area contributed by atoms with Crippen LogP contribution >= 0.6 is 11.6 Å². The number of hydrogen-bond donors (Lipinski definition) is 3.